The second-order valence-electron chi connectivity index (χ2n) is 5.70. The Bertz CT molecular complexity index is 534. The van der Waals surface area contributed by atoms with Crippen LogP contribution in [-0.2, 0) is 16.0 Å². The first kappa shape index (κ1) is 13.9. The SMILES string of the molecule is O=C1NC[C@@]2(CCCN(C(=O)Cc3cccnc3)CC2)O1. The minimum Gasteiger partial charge on any atom is -0.441 e. The van der Waals surface area contributed by atoms with E-state index in [1.54, 1.807) is 12.4 Å². The second-order valence-corrected chi connectivity index (χ2v) is 5.70. The third-order valence-electron chi connectivity index (χ3n) is 4.19. The summed E-state index contributed by atoms with van der Waals surface area (Å²) in [6, 6.07) is 3.75. The van der Waals surface area contributed by atoms with Gasteiger partial charge in [0.15, 0.2) is 0 Å². The number of hydrogen-bond donors (Lipinski definition) is 1. The van der Waals surface area contributed by atoms with E-state index >= 15 is 0 Å². The van der Waals surface area contributed by atoms with Crippen molar-refractivity contribution >= 4 is 12.0 Å². The van der Waals surface area contributed by atoms with Crippen molar-refractivity contribution in [3.63, 3.8) is 0 Å². The van der Waals surface area contributed by atoms with Crippen molar-refractivity contribution in [2.75, 3.05) is 19.6 Å². The van der Waals surface area contributed by atoms with Crippen molar-refractivity contribution in [2.24, 2.45) is 0 Å². The first-order chi connectivity index (χ1) is 10.2. The van der Waals surface area contributed by atoms with Gasteiger partial charge in [0, 0.05) is 31.9 Å². The maximum Gasteiger partial charge on any atom is 0.407 e. The molecule has 2 saturated heterocycles. The van der Waals surface area contributed by atoms with Crippen molar-refractivity contribution in [1.82, 2.24) is 15.2 Å². The Kier molecular flexibility index (Phi) is 3.77. The first-order valence-electron chi connectivity index (χ1n) is 7.30. The number of alkyl carbamates (subject to hydrolysis) is 1. The van der Waals surface area contributed by atoms with Crippen LogP contribution in [0, 0.1) is 0 Å². The van der Waals surface area contributed by atoms with Crippen molar-refractivity contribution in [2.45, 2.75) is 31.3 Å². The third-order valence-corrected chi connectivity index (χ3v) is 4.19. The number of likely N-dealkylation sites (tertiary alicyclic amines) is 1. The summed E-state index contributed by atoms with van der Waals surface area (Å²) in [5, 5.41) is 2.72. The molecule has 6 nitrogen and oxygen atoms in total. The number of rotatable bonds is 2. The normalized spacial score (nSPS) is 25.3. The predicted octanol–water partition coefficient (Wildman–Crippen LogP) is 1.12. The lowest BCUT2D eigenvalue weighted by atomic mass is 9.95. The highest BCUT2D eigenvalue weighted by Crippen LogP contribution is 2.29. The predicted molar refractivity (Wildman–Crippen MR) is 75.6 cm³/mol. The van der Waals surface area contributed by atoms with E-state index in [1.807, 2.05) is 17.0 Å². The monoisotopic (exact) mass is 289 g/mol. The molecule has 1 spiro atoms. The molecule has 0 bridgehead atoms. The van der Waals surface area contributed by atoms with E-state index in [4.69, 9.17) is 4.74 Å². The van der Waals surface area contributed by atoms with Gasteiger partial charge in [-0.25, -0.2) is 4.79 Å². The molecule has 1 N–H and O–H groups in total. The average molecular weight is 289 g/mol. The highest BCUT2D eigenvalue weighted by molar-refractivity contribution is 5.78. The van der Waals surface area contributed by atoms with Crippen LogP contribution in [0.2, 0.25) is 0 Å². The second kappa shape index (κ2) is 5.71. The van der Waals surface area contributed by atoms with Crippen LogP contribution >= 0.6 is 0 Å². The molecule has 2 fully saturated rings. The van der Waals surface area contributed by atoms with Crippen LogP contribution in [0.5, 0.6) is 0 Å². The van der Waals surface area contributed by atoms with Crippen LogP contribution in [0.25, 0.3) is 0 Å². The Morgan fingerprint density at radius 2 is 2.33 bits per heavy atom. The summed E-state index contributed by atoms with van der Waals surface area (Å²) < 4.78 is 5.42. The van der Waals surface area contributed by atoms with Crippen LogP contribution in [0.1, 0.15) is 24.8 Å². The Morgan fingerprint density at radius 1 is 1.43 bits per heavy atom. The van der Waals surface area contributed by atoms with Crippen molar-refractivity contribution in [3.8, 4) is 0 Å². The standard InChI is InChI=1S/C15H19N3O3/c19-13(9-12-3-1-6-16-10-12)18-7-2-4-15(5-8-18)11-17-14(20)21-15/h1,3,6,10H,2,4-5,7-9,11H2,(H,17,20)/t15-/m0/s1. The number of nitrogens with zero attached hydrogens (tertiary/aromatic N) is 2. The Balaban J connectivity index is 1.60. The molecule has 112 valence electrons. The molecule has 3 rings (SSSR count). The summed E-state index contributed by atoms with van der Waals surface area (Å²) in [7, 11) is 0. The highest BCUT2D eigenvalue weighted by atomic mass is 16.6. The van der Waals surface area contributed by atoms with Crippen LogP contribution < -0.4 is 5.32 Å². The zero-order valence-corrected chi connectivity index (χ0v) is 11.9. The van der Waals surface area contributed by atoms with Gasteiger partial charge in [-0.1, -0.05) is 6.07 Å². The molecular formula is C15H19N3O3. The Morgan fingerprint density at radius 3 is 3.05 bits per heavy atom. The molecule has 0 aromatic carbocycles. The van der Waals surface area contributed by atoms with Gasteiger partial charge in [-0.15, -0.1) is 0 Å². The number of aromatic nitrogens is 1. The summed E-state index contributed by atoms with van der Waals surface area (Å²) >= 11 is 0. The van der Waals surface area contributed by atoms with Gasteiger partial charge in [-0.2, -0.15) is 0 Å². The lowest BCUT2D eigenvalue weighted by Gasteiger charge is -2.25. The maximum absolute atomic E-state index is 12.4. The fourth-order valence-corrected chi connectivity index (χ4v) is 2.99. The molecule has 6 heteroatoms. The molecule has 1 aromatic heterocycles. The van der Waals surface area contributed by atoms with Gasteiger partial charge in [0.05, 0.1) is 13.0 Å². The molecule has 0 radical (unpaired) electrons. The van der Waals surface area contributed by atoms with Crippen LogP contribution in [-0.4, -0.2) is 47.1 Å². The number of hydrogen-bond acceptors (Lipinski definition) is 4. The summed E-state index contributed by atoms with van der Waals surface area (Å²) in [5.74, 6) is 0.109. The van der Waals surface area contributed by atoms with Crippen molar-refractivity contribution < 1.29 is 14.3 Å². The minimum atomic E-state index is -0.416. The fourth-order valence-electron chi connectivity index (χ4n) is 2.99. The van der Waals surface area contributed by atoms with Gasteiger partial charge < -0.3 is 15.0 Å². The van der Waals surface area contributed by atoms with Crippen molar-refractivity contribution in [3.05, 3.63) is 30.1 Å². The number of amides is 2. The fraction of sp³-hybridized carbons (Fsp3) is 0.533. The summed E-state index contributed by atoms with van der Waals surface area (Å²) in [5.41, 5.74) is 0.510. The molecule has 0 aliphatic carbocycles. The van der Waals surface area contributed by atoms with Crippen LogP contribution in [0.15, 0.2) is 24.5 Å². The van der Waals surface area contributed by atoms with Gasteiger partial charge in [-0.3, -0.25) is 9.78 Å². The van der Waals surface area contributed by atoms with E-state index < -0.39 is 5.60 Å². The highest BCUT2D eigenvalue weighted by Gasteiger charge is 2.41. The van der Waals surface area contributed by atoms with Gasteiger partial charge in [0.2, 0.25) is 5.91 Å². The Labute approximate surface area is 123 Å². The molecular weight excluding hydrogens is 270 g/mol. The zero-order chi connectivity index (χ0) is 14.7. The van der Waals surface area contributed by atoms with Gasteiger partial charge in [-0.05, 0) is 24.5 Å². The number of pyridine rings is 1. The first-order valence-corrected chi connectivity index (χ1v) is 7.30. The number of nitrogens with one attached hydrogen (secondary N) is 1. The zero-order valence-electron chi connectivity index (χ0n) is 11.9. The van der Waals surface area contributed by atoms with Crippen molar-refractivity contribution in [1.29, 1.82) is 0 Å². The van der Waals surface area contributed by atoms with Crippen LogP contribution in [0.4, 0.5) is 4.79 Å². The smallest absolute Gasteiger partial charge is 0.407 e. The number of ether oxygens (including phenoxy) is 1. The summed E-state index contributed by atoms with van der Waals surface area (Å²) in [6.45, 7) is 1.91. The average Bonchev–Trinajstić information content (AvgIpc) is 2.72. The quantitative estimate of drug-likeness (QED) is 0.885. The Hall–Kier alpha value is -2.11. The van der Waals surface area contributed by atoms with E-state index in [0.29, 0.717) is 25.9 Å². The molecule has 1 atom stereocenters. The van der Waals surface area contributed by atoms with E-state index in [9.17, 15) is 9.59 Å². The van der Waals surface area contributed by atoms with Gasteiger partial charge in [0.1, 0.15) is 5.60 Å². The van der Waals surface area contributed by atoms with E-state index in [1.165, 1.54) is 0 Å². The molecule has 2 aliphatic rings. The third kappa shape index (κ3) is 3.15. The van der Waals surface area contributed by atoms with E-state index in [-0.39, 0.29) is 12.0 Å². The largest absolute Gasteiger partial charge is 0.441 e. The van der Waals surface area contributed by atoms with E-state index in [0.717, 1.165) is 24.9 Å². The summed E-state index contributed by atoms with van der Waals surface area (Å²) in [4.78, 5) is 29.5. The molecule has 2 amide bonds. The topological polar surface area (TPSA) is 71.5 Å². The van der Waals surface area contributed by atoms with Crippen LogP contribution in [0.3, 0.4) is 0 Å². The molecule has 1 aromatic rings. The summed E-state index contributed by atoms with van der Waals surface area (Å²) in [6.07, 6.45) is 5.81. The van der Waals surface area contributed by atoms with E-state index in [2.05, 4.69) is 10.3 Å². The maximum atomic E-state index is 12.4. The molecule has 21 heavy (non-hydrogen) atoms. The van der Waals surface area contributed by atoms with Gasteiger partial charge in [0.25, 0.3) is 0 Å². The molecule has 0 saturated carbocycles. The minimum absolute atomic E-state index is 0.109. The molecule has 0 unspecified atom stereocenters. The lowest BCUT2D eigenvalue weighted by molar-refractivity contribution is -0.130. The number of carbonyl (C=O) groups is 2. The van der Waals surface area contributed by atoms with Gasteiger partial charge >= 0.3 is 6.09 Å². The molecule has 2 aliphatic heterocycles. The lowest BCUT2D eigenvalue weighted by Crippen LogP contribution is -2.37. The molecule has 3 heterocycles. The number of carbonyl (C=O) groups excluding carboxylic acids is 2.